The average Bonchev–Trinajstić information content (AvgIpc) is 2.31. The molecule has 1 aromatic rings. The maximum absolute atomic E-state index is 5.79. The molecular weight excluding hydrogens is 210 g/mol. The van der Waals surface area contributed by atoms with E-state index in [-0.39, 0.29) is 0 Å². The van der Waals surface area contributed by atoms with Crippen molar-refractivity contribution in [2.75, 3.05) is 19.7 Å². The third kappa shape index (κ3) is 5.22. The molecule has 17 heavy (non-hydrogen) atoms. The second kappa shape index (κ2) is 7.33. The van der Waals surface area contributed by atoms with Crippen molar-refractivity contribution in [1.29, 1.82) is 0 Å². The van der Waals surface area contributed by atoms with Crippen molar-refractivity contribution < 1.29 is 4.74 Å². The molecule has 0 radical (unpaired) electrons. The van der Waals surface area contributed by atoms with Gasteiger partial charge in [0, 0.05) is 12.5 Å². The van der Waals surface area contributed by atoms with E-state index in [2.05, 4.69) is 51.2 Å². The second-order valence-corrected chi connectivity index (χ2v) is 4.87. The normalized spacial score (nSPS) is 12.5. The molecule has 0 aliphatic carbocycles. The summed E-state index contributed by atoms with van der Waals surface area (Å²) < 4.78 is 5.79. The summed E-state index contributed by atoms with van der Waals surface area (Å²) in [6.45, 7) is 11.5. The van der Waals surface area contributed by atoms with Crippen molar-refractivity contribution >= 4 is 0 Å². The molecule has 0 spiro atoms. The number of hydrogen-bond donors (Lipinski definition) is 1. The van der Waals surface area contributed by atoms with E-state index >= 15 is 0 Å². The van der Waals surface area contributed by atoms with Crippen molar-refractivity contribution in [3.05, 3.63) is 29.3 Å². The van der Waals surface area contributed by atoms with Crippen LogP contribution in [0.2, 0.25) is 0 Å². The van der Waals surface area contributed by atoms with E-state index in [0.717, 1.165) is 25.4 Å². The lowest BCUT2D eigenvalue weighted by molar-refractivity contribution is 0.255. The summed E-state index contributed by atoms with van der Waals surface area (Å²) >= 11 is 0. The van der Waals surface area contributed by atoms with Crippen LogP contribution in [0.1, 0.15) is 31.4 Å². The molecule has 0 amide bonds. The molecule has 0 aromatic heterocycles. The van der Waals surface area contributed by atoms with Gasteiger partial charge in [0.25, 0.3) is 0 Å². The smallest absolute Gasteiger partial charge is 0.119 e. The fourth-order valence-electron chi connectivity index (χ4n) is 1.63. The van der Waals surface area contributed by atoms with Crippen molar-refractivity contribution in [2.24, 2.45) is 5.92 Å². The van der Waals surface area contributed by atoms with Crippen LogP contribution in [-0.2, 0) is 0 Å². The van der Waals surface area contributed by atoms with Crippen LogP contribution < -0.4 is 10.1 Å². The van der Waals surface area contributed by atoms with Crippen LogP contribution in [0.25, 0.3) is 0 Å². The van der Waals surface area contributed by atoms with Crippen molar-refractivity contribution in [2.45, 2.75) is 34.1 Å². The minimum absolute atomic E-state index is 0.545. The van der Waals surface area contributed by atoms with E-state index in [9.17, 15) is 0 Å². The van der Waals surface area contributed by atoms with E-state index in [4.69, 9.17) is 4.74 Å². The minimum Gasteiger partial charge on any atom is -0.493 e. The fourth-order valence-corrected chi connectivity index (χ4v) is 1.63. The molecule has 96 valence electrons. The molecule has 0 aliphatic heterocycles. The monoisotopic (exact) mass is 235 g/mol. The Morgan fingerprint density at radius 1 is 1.24 bits per heavy atom. The van der Waals surface area contributed by atoms with Gasteiger partial charge in [0.2, 0.25) is 0 Å². The highest BCUT2D eigenvalue weighted by molar-refractivity contribution is 5.33. The topological polar surface area (TPSA) is 21.3 Å². The van der Waals surface area contributed by atoms with Crippen LogP contribution in [0.15, 0.2) is 18.2 Å². The van der Waals surface area contributed by atoms with E-state index in [1.807, 2.05) is 0 Å². The molecule has 1 aromatic carbocycles. The zero-order valence-electron chi connectivity index (χ0n) is 11.5. The lowest BCUT2D eigenvalue weighted by Crippen LogP contribution is -2.25. The van der Waals surface area contributed by atoms with Crippen molar-refractivity contribution in [1.82, 2.24) is 5.32 Å². The van der Waals surface area contributed by atoms with Gasteiger partial charge in [0.1, 0.15) is 5.75 Å². The van der Waals surface area contributed by atoms with Crippen molar-refractivity contribution in [3.8, 4) is 5.75 Å². The van der Waals surface area contributed by atoms with Gasteiger partial charge in [-0.3, -0.25) is 0 Å². The maximum atomic E-state index is 5.79. The molecule has 0 saturated carbocycles. The molecule has 1 atom stereocenters. The molecule has 0 bridgehead atoms. The minimum atomic E-state index is 0.545. The Kier molecular flexibility index (Phi) is 6.06. The highest BCUT2D eigenvalue weighted by Crippen LogP contribution is 2.16. The Morgan fingerprint density at radius 3 is 2.65 bits per heavy atom. The molecule has 0 heterocycles. The number of ether oxygens (including phenoxy) is 1. The van der Waals surface area contributed by atoms with E-state index in [1.165, 1.54) is 17.5 Å². The van der Waals surface area contributed by atoms with E-state index in [1.54, 1.807) is 0 Å². The summed E-state index contributed by atoms with van der Waals surface area (Å²) in [5.41, 5.74) is 2.61. The molecule has 1 unspecified atom stereocenters. The Hall–Kier alpha value is -1.02. The predicted octanol–water partition coefficient (Wildman–Crippen LogP) is 3.32. The number of aryl methyl sites for hydroxylation is 2. The van der Waals surface area contributed by atoms with Crippen LogP contribution in [0, 0.1) is 19.8 Å². The van der Waals surface area contributed by atoms with Crippen LogP contribution in [0.3, 0.4) is 0 Å². The largest absolute Gasteiger partial charge is 0.493 e. The molecule has 0 saturated heterocycles. The van der Waals surface area contributed by atoms with Crippen LogP contribution in [0.4, 0.5) is 0 Å². The van der Waals surface area contributed by atoms with Gasteiger partial charge in [-0.25, -0.2) is 0 Å². The number of rotatable bonds is 7. The third-order valence-corrected chi connectivity index (χ3v) is 2.93. The van der Waals surface area contributed by atoms with Gasteiger partial charge in [0.05, 0.1) is 6.61 Å². The molecule has 0 aliphatic rings. The summed E-state index contributed by atoms with van der Waals surface area (Å²) in [5, 5.41) is 3.41. The summed E-state index contributed by atoms with van der Waals surface area (Å²) in [7, 11) is 0. The van der Waals surface area contributed by atoms with Gasteiger partial charge in [0.15, 0.2) is 0 Å². The SMILES string of the molecule is CCCNCC(C)COc1ccc(C)c(C)c1. The first-order valence-electron chi connectivity index (χ1n) is 6.54. The molecular formula is C15H25NO. The Bertz CT molecular complexity index is 336. The second-order valence-electron chi connectivity index (χ2n) is 4.87. The predicted molar refractivity (Wildman–Crippen MR) is 73.7 cm³/mol. The lowest BCUT2D eigenvalue weighted by atomic mass is 10.1. The number of benzene rings is 1. The zero-order valence-corrected chi connectivity index (χ0v) is 11.5. The highest BCUT2D eigenvalue weighted by atomic mass is 16.5. The molecule has 2 heteroatoms. The summed E-state index contributed by atoms with van der Waals surface area (Å²) in [5.74, 6) is 1.53. The molecule has 1 rings (SSSR count). The molecule has 0 fully saturated rings. The first-order valence-corrected chi connectivity index (χ1v) is 6.54. The zero-order chi connectivity index (χ0) is 12.7. The molecule has 1 N–H and O–H groups in total. The Morgan fingerprint density at radius 2 is 2.00 bits per heavy atom. The fraction of sp³-hybridized carbons (Fsp3) is 0.600. The van der Waals surface area contributed by atoms with Gasteiger partial charge in [-0.1, -0.05) is 19.9 Å². The molecule has 2 nitrogen and oxygen atoms in total. The Labute approximate surface area is 105 Å². The Balaban J connectivity index is 2.31. The third-order valence-electron chi connectivity index (χ3n) is 2.93. The maximum Gasteiger partial charge on any atom is 0.119 e. The highest BCUT2D eigenvalue weighted by Gasteiger charge is 2.03. The van der Waals surface area contributed by atoms with E-state index < -0.39 is 0 Å². The van der Waals surface area contributed by atoms with E-state index in [0.29, 0.717) is 5.92 Å². The number of nitrogens with one attached hydrogen (secondary N) is 1. The quantitative estimate of drug-likeness (QED) is 0.732. The van der Waals surface area contributed by atoms with Crippen LogP contribution in [0.5, 0.6) is 5.75 Å². The summed E-state index contributed by atoms with van der Waals surface area (Å²) in [6.07, 6.45) is 1.19. The van der Waals surface area contributed by atoms with Gasteiger partial charge in [-0.15, -0.1) is 0 Å². The lowest BCUT2D eigenvalue weighted by Gasteiger charge is -2.14. The average molecular weight is 235 g/mol. The van der Waals surface area contributed by atoms with Gasteiger partial charge < -0.3 is 10.1 Å². The first-order chi connectivity index (χ1) is 8.13. The van der Waals surface area contributed by atoms with Gasteiger partial charge >= 0.3 is 0 Å². The summed E-state index contributed by atoms with van der Waals surface area (Å²) in [6, 6.07) is 6.28. The van der Waals surface area contributed by atoms with Crippen LogP contribution >= 0.6 is 0 Å². The van der Waals surface area contributed by atoms with Crippen LogP contribution in [-0.4, -0.2) is 19.7 Å². The van der Waals surface area contributed by atoms with Gasteiger partial charge in [-0.05, 0) is 50.1 Å². The number of hydrogen-bond acceptors (Lipinski definition) is 2. The summed E-state index contributed by atoms with van der Waals surface area (Å²) in [4.78, 5) is 0. The first kappa shape index (κ1) is 14.0. The van der Waals surface area contributed by atoms with Gasteiger partial charge in [-0.2, -0.15) is 0 Å². The standard InChI is InChI=1S/C15H25NO/c1-5-8-16-10-12(2)11-17-15-7-6-13(3)14(4)9-15/h6-7,9,12,16H,5,8,10-11H2,1-4H3. The van der Waals surface area contributed by atoms with Crippen molar-refractivity contribution in [3.63, 3.8) is 0 Å².